The molecule has 1 aliphatic carbocycles. The monoisotopic (exact) mass is 298 g/mol. The average Bonchev–Trinajstić information content (AvgIpc) is 2.94. The van der Waals surface area contributed by atoms with E-state index in [1.807, 2.05) is 0 Å². The van der Waals surface area contributed by atoms with E-state index in [1.54, 1.807) is 0 Å². The van der Waals surface area contributed by atoms with Gasteiger partial charge in [0, 0.05) is 18.6 Å². The fraction of sp³-hybridized carbons (Fsp3) is 1.00. The van der Waals surface area contributed by atoms with Crippen molar-refractivity contribution in [1.82, 2.24) is 10.2 Å². The lowest BCUT2D eigenvalue weighted by atomic mass is 9.85. The summed E-state index contributed by atoms with van der Waals surface area (Å²) in [5.74, 6) is 0.622. The van der Waals surface area contributed by atoms with Crippen LogP contribution in [-0.4, -0.2) is 61.0 Å². The van der Waals surface area contributed by atoms with Gasteiger partial charge in [-0.1, -0.05) is 20.3 Å². The van der Waals surface area contributed by atoms with Crippen molar-refractivity contribution in [3.05, 3.63) is 0 Å². The molecule has 4 nitrogen and oxygen atoms in total. The van der Waals surface area contributed by atoms with E-state index in [2.05, 4.69) is 24.1 Å². The maximum Gasteiger partial charge on any atom is 0.0700 e. The Labute approximate surface area is 130 Å². The van der Waals surface area contributed by atoms with Gasteiger partial charge in [-0.2, -0.15) is 0 Å². The van der Waals surface area contributed by atoms with Gasteiger partial charge >= 0.3 is 0 Å². The molecule has 0 aromatic heterocycles. The highest BCUT2D eigenvalue weighted by Gasteiger charge is 2.41. The van der Waals surface area contributed by atoms with Crippen molar-refractivity contribution in [1.29, 1.82) is 0 Å². The Morgan fingerprint density at radius 3 is 2.95 bits per heavy atom. The van der Waals surface area contributed by atoms with E-state index in [1.165, 1.54) is 19.3 Å². The van der Waals surface area contributed by atoms with Crippen molar-refractivity contribution in [3.63, 3.8) is 0 Å². The molecule has 0 aromatic carbocycles. The zero-order valence-electron chi connectivity index (χ0n) is 13.9. The largest absolute Gasteiger partial charge is 0.394 e. The standard InChI is InChI=1S/C17H34N2O2/c1-3-9-18-17(14-20)8-5-6-15(17)7-10-19-11-12-21-16(4-2)13-19/h15-16,18,20H,3-14H2,1-2H3. The van der Waals surface area contributed by atoms with Crippen molar-refractivity contribution >= 4 is 0 Å². The topological polar surface area (TPSA) is 44.7 Å². The number of aliphatic hydroxyl groups excluding tert-OH is 1. The molecular weight excluding hydrogens is 264 g/mol. The van der Waals surface area contributed by atoms with Crippen LogP contribution in [0.4, 0.5) is 0 Å². The second-order valence-electron chi connectivity index (χ2n) is 6.82. The number of nitrogens with one attached hydrogen (secondary N) is 1. The number of rotatable bonds is 8. The van der Waals surface area contributed by atoms with Crippen LogP contribution in [0.1, 0.15) is 52.4 Å². The third-order valence-corrected chi connectivity index (χ3v) is 5.44. The molecule has 1 aliphatic heterocycles. The zero-order valence-corrected chi connectivity index (χ0v) is 13.9. The fourth-order valence-corrected chi connectivity index (χ4v) is 4.00. The molecule has 1 saturated heterocycles. The van der Waals surface area contributed by atoms with Crippen molar-refractivity contribution in [3.8, 4) is 0 Å². The van der Waals surface area contributed by atoms with Gasteiger partial charge in [-0.3, -0.25) is 4.90 Å². The van der Waals surface area contributed by atoms with Crippen LogP contribution >= 0.6 is 0 Å². The lowest BCUT2D eigenvalue weighted by molar-refractivity contribution is -0.0323. The van der Waals surface area contributed by atoms with Gasteiger partial charge in [0.1, 0.15) is 0 Å². The summed E-state index contributed by atoms with van der Waals surface area (Å²) in [5.41, 5.74) is -0.00749. The molecule has 1 heterocycles. The Morgan fingerprint density at radius 1 is 1.38 bits per heavy atom. The van der Waals surface area contributed by atoms with E-state index >= 15 is 0 Å². The van der Waals surface area contributed by atoms with Gasteiger partial charge in [0.2, 0.25) is 0 Å². The summed E-state index contributed by atoms with van der Waals surface area (Å²) in [5, 5.41) is 13.6. The molecule has 2 N–H and O–H groups in total. The minimum Gasteiger partial charge on any atom is -0.394 e. The molecule has 0 amide bonds. The van der Waals surface area contributed by atoms with Crippen LogP contribution in [0.15, 0.2) is 0 Å². The van der Waals surface area contributed by atoms with Crippen LogP contribution in [0.25, 0.3) is 0 Å². The minimum absolute atomic E-state index is 0.00749. The maximum absolute atomic E-state index is 9.93. The first-order chi connectivity index (χ1) is 10.2. The molecule has 21 heavy (non-hydrogen) atoms. The van der Waals surface area contributed by atoms with Gasteiger partial charge in [-0.25, -0.2) is 0 Å². The Kier molecular flexibility index (Phi) is 6.93. The summed E-state index contributed by atoms with van der Waals surface area (Å²) in [4.78, 5) is 2.55. The van der Waals surface area contributed by atoms with Gasteiger partial charge in [-0.15, -0.1) is 0 Å². The summed E-state index contributed by atoms with van der Waals surface area (Å²) in [6.45, 7) is 9.89. The highest BCUT2D eigenvalue weighted by atomic mass is 16.5. The second kappa shape index (κ2) is 8.47. The van der Waals surface area contributed by atoms with Crippen LogP contribution in [-0.2, 0) is 4.74 Å². The first-order valence-electron chi connectivity index (χ1n) is 8.94. The molecule has 2 aliphatic rings. The SMILES string of the molecule is CCCNC1(CO)CCCC1CCN1CCOC(CC)C1. The number of nitrogens with zero attached hydrogens (tertiary/aromatic N) is 1. The molecule has 0 bridgehead atoms. The van der Waals surface area contributed by atoms with Crippen LogP contribution < -0.4 is 5.32 Å². The van der Waals surface area contributed by atoms with Crippen molar-refractivity contribution in [2.24, 2.45) is 5.92 Å². The van der Waals surface area contributed by atoms with Gasteiger partial charge in [-0.05, 0) is 51.1 Å². The molecule has 0 aromatic rings. The second-order valence-corrected chi connectivity index (χ2v) is 6.82. The number of hydrogen-bond donors (Lipinski definition) is 2. The summed E-state index contributed by atoms with van der Waals surface area (Å²) in [7, 11) is 0. The van der Waals surface area contributed by atoms with E-state index in [0.717, 1.165) is 52.0 Å². The highest BCUT2D eigenvalue weighted by molar-refractivity contribution is 4.99. The summed E-state index contributed by atoms with van der Waals surface area (Å²) < 4.78 is 5.75. The van der Waals surface area contributed by atoms with Crippen LogP contribution in [0.5, 0.6) is 0 Å². The smallest absolute Gasteiger partial charge is 0.0700 e. The van der Waals surface area contributed by atoms with Crippen LogP contribution in [0, 0.1) is 5.92 Å². The Morgan fingerprint density at radius 2 is 2.24 bits per heavy atom. The molecule has 2 rings (SSSR count). The van der Waals surface area contributed by atoms with E-state index in [0.29, 0.717) is 18.6 Å². The minimum atomic E-state index is -0.00749. The van der Waals surface area contributed by atoms with E-state index in [9.17, 15) is 5.11 Å². The van der Waals surface area contributed by atoms with E-state index < -0.39 is 0 Å². The predicted molar refractivity (Wildman–Crippen MR) is 86.5 cm³/mol. The summed E-state index contributed by atoms with van der Waals surface area (Å²) >= 11 is 0. The third-order valence-electron chi connectivity index (χ3n) is 5.44. The quantitative estimate of drug-likeness (QED) is 0.719. The fourth-order valence-electron chi connectivity index (χ4n) is 4.00. The molecule has 3 unspecified atom stereocenters. The van der Waals surface area contributed by atoms with Crippen LogP contribution in [0.2, 0.25) is 0 Å². The van der Waals surface area contributed by atoms with Gasteiger partial charge < -0.3 is 15.2 Å². The highest BCUT2D eigenvalue weighted by Crippen LogP contribution is 2.38. The number of morpholine rings is 1. The molecular formula is C17H34N2O2. The maximum atomic E-state index is 9.93. The van der Waals surface area contributed by atoms with E-state index in [-0.39, 0.29) is 5.54 Å². The molecule has 124 valence electrons. The lowest BCUT2D eigenvalue weighted by Crippen LogP contribution is -2.52. The van der Waals surface area contributed by atoms with Gasteiger partial charge in [0.15, 0.2) is 0 Å². The average molecular weight is 298 g/mol. The third kappa shape index (κ3) is 4.41. The summed E-state index contributed by atoms with van der Waals surface area (Å²) in [6.07, 6.45) is 7.52. The molecule has 4 heteroatoms. The first kappa shape index (κ1) is 17.2. The zero-order chi connectivity index (χ0) is 15.1. The normalized spacial score (nSPS) is 34.4. The van der Waals surface area contributed by atoms with Crippen LogP contribution in [0.3, 0.4) is 0 Å². The number of ether oxygens (including phenoxy) is 1. The van der Waals surface area contributed by atoms with E-state index in [4.69, 9.17) is 4.74 Å². The van der Waals surface area contributed by atoms with Crippen molar-refractivity contribution in [2.75, 3.05) is 39.4 Å². The molecule has 1 saturated carbocycles. The Hall–Kier alpha value is -0.160. The molecule has 0 radical (unpaired) electrons. The first-order valence-corrected chi connectivity index (χ1v) is 8.94. The molecule has 3 atom stereocenters. The Bertz CT molecular complexity index is 301. The molecule has 0 spiro atoms. The lowest BCUT2D eigenvalue weighted by Gasteiger charge is -2.38. The Balaban J connectivity index is 1.83. The van der Waals surface area contributed by atoms with Gasteiger partial charge in [0.25, 0.3) is 0 Å². The van der Waals surface area contributed by atoms with Crippen molar-refractivity contribution in [2.45, 2.75) is 64.0 Å². The predicted octanol–water partition coefficient (Wildman–Crippen LogP) is 2.02. The summed E-state index contributed by atoms with van der Waals surface area (Å²) in [6, 6.07) is 0. The van der Waals surface area contributed by atoms with Crippen molar-refractivity contribution < 1.29 is 9.84 Å². The number of hydrogen-bond acceptors (Lipinski definition) is 4. The van der Waals surface area contributed by atoms with Gasteiger partial charge in [0.05, 0.1) is 19.3 Å². The molecule has 2 fully saturated rings. The number of aliphatic hydroxyl groups is 1.